The van der Waals surface area contributed by atoms with Gasteiger partial charge in [-0.1, -0.05) is 51.4 Å². The van der Waals surface area contributed by atoms with Crippen molar-refractivity contribution in [1.29, 1.82) is 0 Å². The van der Waals surface area contributed by atoms with Crippen molar-refractivity contribution in [2.45, 2.75) is 101 Å². The fraction of sp³-hybridized carbons (Fsp3) is 0.917. The summed E-state index contributed by atoms with van der Waals surface area (Å²) < 4.78 is 16.7. The highest BCUT2D eigenvalue weighted by molar-refractivity contribution is 8.00. The summed E-state index contributed by atoms with van der Waals surface area (Å²) in [6, 6.07) is 0.394. The van der Waals surface area contributed by atoms with Crippen molar-refractivity contribution in [2.24, 2.45) is 5.92 Å². The Kier molecular flexibility index (Phi) is 13.3. The molecule has 0 spiro atoms. The molecule has 2 saturated heterocycles. The molecule has 2 amide bonds. The van der Waals surface area contributed by atoms with Gasteiger partial charge in [0.15, 0.2) is 7.37 Å². The molecule has 0 aromatic carbocycles. The minimum absolute atomic E-state index is 0.186. The summed E-state index contributed by atoms with van der Waals surface area (Å²) in [5.74, 6) is 1.97. The van der Waals surface area contributed by atoms with Crippen LogP contribution in [0.15, 0.2) is 0 Å². The Morgan fingerprint density at radius 2 is 1.69 bits per heavy atom. The number of nitrogens with one attached hydrogen (secondary N) is 2. The molecule has 0 aromatic heterocycles. The minimum atomic E-state index is -2.31. The van der Waals surface area contributed by atoms with Gasteiger partial charge in [0.2, 0.25) is 11.8 Å². The Morgan fingerprint density at radius 3 is 2.38 bits per heavy atom. The number of unbranched alkanes of at least 4 members (excludes halogenated alkanes) is 9. The largest absolute Gasteiger partial charge is 0.356 e. The molecule has 2 fully saturated rings. The lowest BCUT2D eigenvalue weighted by atomic mass is 9.94. The van der Waals surface area contributed by atoms with E-state index in [1.54, 1.807) is 13.3 Å². The number of carbonyl (C=O) groups is 2. The Hall–Kier alpha value is -0.520. The molecule has 2 aliphatic heterocycles. The molecular weight excluding hydrogens is 443 g/mol. The first-order chi connectivity index (χ1) is 15.3. The Morgan fingerprint density at radius 1 is 1.03 bits per heavy atom. The van der Waals surface area contributed by atoms with Crippen LogP contribution in [0.25, 0.3) is 0 Å². The zero-order valence-corrected chi connectivity index (χ0v) is 22.0. The molecule has 0 bridgehead atoms. The quantitative estimate of drug-likeness (QED) is 0.201. The third-order valence-corrected chi connectivity index (χ3v) is 8.81. The van der Waals surface area contributed by atoms with E-state index < -0.39 is 7.37 Å². The van der Waals surface area contributed by atoms with Gasteiger partial charge < -0.3 is 15.2 Å². The summed E-state index contributed by atoms with van der Waals surface area (Å²) in [7, 11) is -2.31. The third kappa shape index (κ3) is 12.1. The highest BCUT2D eigenvalue weighted by Gasteiger charge is 2.42. The van der Waals surface area contributed by atoms with E-state index >= 15 is 0 Å². The first kappa shape index (κ1) is 27.7. The topological polar surface area (TPSA) is 84.5 Å². The number of carbonyl (C=O) groups excluding carboxylic acids is 2. The van der Waals surface area contributed by atoms with E-state index in [0.29, 0.717) is 36.7 Å². The van der Waals surface area contributed by atoms with Crippen LogP contribution in [-0.4, -0.2) is 55.3 Å². The van der Waals surface area contributed by atoms with E-state index in [1.165, 1.54) is 38.5 Å². The van der Waals surface area contributed by atoms with Crippen LogP contribution in [0.1, 0.15) is 89.9 Å². The molecule has 3 unspecified atom stereocenters. The maximum atomic E-state index is 12.0. The van der Waals surface area contributed by atoms with Gasteiger partial charge in [-0.3, -0.25) is 14.2 Å². The molecule has 2 rings (SSSR count). The number of amides is 2. The molecule has 6 nitrogen and oxygen atoms in total. The molecule has 0 saturated carbocycles. The molecule has 0 aromatic rings. The van der Waals surface area contributed by atoms with E-state index in [0.717, 1.165) is 50.8 Å². The molecule has 32 heavy (non-hydrogen) atoms. The van der Waals surface area contributed by atoms with Gasteiger partial charge in [-0.15, -0.1) is 0 Å². The fourth-order valence-electron chi connectivity index (χ4n) is 4.63. The summed E-state index contributed by atoms with van der Waals surface area (Å²) in [6.45, 7) is 4.76. The second-order valence-corrected chi connectivity index (χ2v) is 13.8. The number of thioether (sulfide) groups is 1. The van der Waals surface area contributed by atoms with Crippen LogP contribution in [-0.2, 0) is 18.7 Å². The van der Waals surface area contributed by atoms with Gasteiger partial charge in [0.25, 0.3) is 0 Å². The molecule has 3 atom stereocenters. The number of hydrogen-bond donors (Lipinski definition) is 2. The van der Waals surface area contributed by atoms with Gasteiger partial charge >= 0.3 is 0 Å². The molecule has 2 aliphatic rings. The molecule has 2 N–H and O–H groups in total. The number of fused-ring (bicyclic) bond motifs is 1. The summed E-state index contributed by atoms with van der Waals surface area (Å²) >= 11 is 2.00. The van der Waals surface area contributed by atoms with Crippen molar-refractivity contribution in [1.82, 2.24) is 10.6 Å². The normalized spacial score (nSPS) is 22.7. The van der Waals surface area contributed by atoms with Crippen LogP contribution >= 0.6 is 19.1 Å². The van der Waals surface area contributed by atoms with Gasteiger partial charge in [-0.05, 0) is 25.7 Å². The molecule has 0 aliphatic carbocycles. The smallest absolute Gasteiger partial charge is 0.220 e. The van der Waals surface area contributed by atoms with Crippen molar-refractivity contribution >= 4 is 30.9 Å². The molecule has 186 valence electrons. The van der Waals surface area contributed by atoms with E-state index in [2.05, 4.69) is 10.6 Å². The average molecular weight is 489 g/mol. The van der Waals surface area contributed by atoms with Crippen molar-refractivity contribution in [3.8, 4) is 0 Å². The maximum Gasteiger partial charge on any atom is 0.220 e. The lowest BCUT2D eigenvalue weighted by molar-refractivity contribution is -0.121. The second kappa shape index (κ2) is 15.4. The van der Waals surface area contributed by atoms with Gasteiger partial charge in [0, 0.05) is 55.7 Å². The summed E-state index contributed by atoms with van der Waals surface area (Å²) in [5.41, 5.74) is 0. The first-order valence-corrected chi connectivity index (χ1v) is 16.3. The van der Waals surface area contributed by atoms with Crippen molar-refractivity contribution in [2.75, 3.05) is 32.2 Å². The number of rotatable bonds is 18. The molecule has 2 heterocycles. The summed E-state index contributed by atoms with van der Waals surface area (Å²) in [4.78, 5) is 23.5. The highest BCUT2D eigenvalue weighted by atomic mass is 32.2. The fourth-order valence-corrected chi connectivity index (χ4v) is 6.85. The van der Waals surface area contributed by atoms with Crippen LogP contribution in [0, 0.1) is 5.92 Å². The average Bonchev–Trinajstić information content (AvgIpc) is 3.27. The zero-order chi connectivity index (χ0) is 23.2. The first-order valence-electron chi connectivity index (χ1n) is 12.7. The van der Waals surface area contributed by atoms with Crippen LogP contribution < -0.4 is 10.6 Å². The van der Waals surface area contributed by atoms with E-state index in [4.69, 9.17) is 4.52 Å². The summed E-state index contributed by atoms with van der Waals surface area (Å²) in [5, 5.41) is 6.73. The second-order valence-electron chi connectivity index (χ2n) is 9.78. The van der Waals surface area contributed by atoms with Crippen LogP contribution in [0.4, 0.5) is 0 Å². The molecule has 8 heteroatoms. The van der Waals surface area contributed by atoms with E-state index in [1.807, 2.05) is 11.8 Å². The standard InChI is InChI=1S/C24H45N2O4PS/c1-31(2,29)30-17-13-9-7-5-3-4-6-8-12-16-25-23(27)15-11-10-14-22-20-18-24(28)26-21(20)19-32-22/h20-22H,3-19H2,1-2H3,(H,25,27)(H,26,28). The van der Waals surface area contributed by atoms with Crippen LogP contribution in [0.2, 0.25) is 0 Å². The van der Waals surface area contributed by atoms with Gasteiger partial charge in [0.05, 0.1) is 6.61 Å². The minimum Gasteiger partial charge on any atom is -0.356 e. The Bertz CT molecular complexity index is 613. The SMILES string of the molecule is CP(C)(=O)OCCCCCCCCCCCNC(=O)CCCCC1SCC2NC(=O)CC21. The zero-order valence-electron chi connectivity index (χ0n) is 20.2. The monoisotopic (exact) mass is 488 g/mol. The third-order valence-electron chi connectivity index (χ3n) is 6.44. The molecule has 0 radical (unpaired) electrons. The van der Waals surface area contributed by atoms with E-state index in [9.17, 15) is 14.2 Å². The Labute approximate surface area is 199 Å². The van der Waals surface area contributed by atoms with Crippen molar-refractivity contribution in [3.63, 3.8) is 0 Å². The maximum absolute atomic E-state index is 12.0. The predicted octanol–water partition coefficient (Wildman–Crippen LogP) is 5.35. The molecular formula is C24H45N2O4PS. The lowest BCUT2D eigenvalue weighted by Gasteiger charge is -2.15. The van der Waals surface area contributed by atoms with Crippen molar-refractivity contribution in [3.05, 3.63) is 0 Å². The predicted molar refractivity (Wildman–Crippen MR) is 135 cm³/mol. The highest BCUT2D eigenvalue weighted by Crippen LogP contribution is 2.40. The van der Waals surface area contributed by atoms with Gasteiger partial charge in [-0.25, -0.2) is 0 Å². The van der Waals surface area contributed by atoms with Gasteiger partial charge in [-0.2, -0.15) is 11.8 Å². The summed E-state index contributed by atoms with van der Waals surface area (Å²) in [6.07, 6.45) is 15.2. The van der Waals surface area contributed by atoms with Crippen molar-refractivity contribution < 1.29 is 18.7 Å². The van der Waals surface area contributed by atoms with Crippen LogP contribution in [0.5, 0.6) is 0 Å². The van der Waals surface area contributed by atoms with Crippen LogP contribution in [0.3, 0.4) is 0 Å². The van der Waals surface area contributed by atoms with Gasteiger partial charge in [0.1, 0.15) is 0 Å². The lowest BCUT2D eigenvalue weighted by Crippen LogP contribution is -2.29. The number of hydrogen-bond acceptors (Lipinski definition) is 5. The van der Waals surface area contributed by atoms with E-state index in [-0.39, 0.29) is 11.8 Å². The Balaban J connectivity index is 1.30.